The molecule has 26 heavy (non-hydrogen) atoms. The molecule has 0 aliphatic heterocycles. The zero-order valence-electron chi connectivity index (χ0n) is 14.2. The number of hydrogen-bond acceptors (Lipinski definition) is 4. The van der Waals surface area contributed by atoms with E-state index in [1.807, 2.05) is 6.07 Å². The minimum atomic E-state index is -2.86. The molecular formula is C17H21F2IN4O2. The van der Waals surface area contributed by atoms with Gasteiger partial charge < -0.3 is 20.1 Å². The first kappa shape index (κ1) is 21.9. The Hall–Kier alpha value is -2.17. The van der Waals surface area contributed by atoms with Gasteiger partial charge in [0.25, 0.3) is 0 Å². The van der Waals surface area contributed by atoms with Gasteiger partial charge in [0.05, 0.1) is 12.7 Å². The number of para-hydroxylation sites is 1. The van der Waals surface area contributed by atoms with E-state index in [0.717, 1.165) is 0 Å². The Labute approximate surface area is 168 Å². The summed E-state index contributed by atoms with van der Waals surface area (Å²) in [6, 6.07) is 10.2. The number of alkyl halides is 2. The molecule has 142 valence electrons. The number of rotatable bonds is 8. The number of guanidine groups is 1. The van der Waals surface area contributed by atoms with E-state index in [2.05, 4.69) is 25.3 Å². The van der Waals surface area contributed by atoms with Gasteiger partial charge in [-0.25, -0.2) is 0 Å². The molecule has 2 aromatic rings. The molecule has 0 atom stereocenters. The molecule has 1 aromatic carbocycles. The second-order valence-corrected chi connectivity index (χ2v) is 4.88. The van der Waals surface area contributed by atoms with Gasteiger partial charge >= 0.3 is 6.61 Å². The van der Waals surface area contributed by atoms with Crippen molar-refractivity contribution in [2.24, 2.45) is 4.99 Å². The fourth-order valence-electron chi connectivity index (χ4n) is 2.03. The summed E-state index contributed by atoms with van der Waals surface area (Å²) in [5.41, 5.74) is 0.609. The van der Waals surface area contributed by atoms with Crippen LogP contribution in [0.25, 0.3) is 0 Å². The molecule has 0 unspecified atom stereocenters. The van der Waals surface area contributed by atoms with Crippen LogP contribution >= 0.6 is 24.0 Å². The van der Waals surface area contributed by atoms with E-state index in [4.69, 9.17) is 4.74 Å². The van der Waals surface area contributed by atoms with Crippen LogP contribution in [0.3, 0.4) is 0 Å². The molecule has 0 bridgehead atoms. The van der Waals surface area contributed by atoms with E-state index in [1.165, 1.54) is 6.07 Å². The summed E-state index contributed by atoms with van der Waals surface area (Å²) < 4.78 is 34.8. The zero-order chi connectivity index (χ0) is 17.9. The van der Waals surface area contributed by atoms with Gasteiger partial charge in [-0.15, -0.1) is 24.0 Å². The van der Waals surface area contributed by atoms with Crippen LogP contribution in [0.1, 0.15) is 5.56 Å². The lowest BCUT2D eigenvalue weighted by atomic mass is 10.2. The van der Waals surface area contributed by atoms with Crippen molar-refractivity contribution >= 4 is 29.9 Å². The highest BCUT2D eigenvalue weighted by atomic mass is 127. The number of pyridine rings is 1. The normalized spacial score (nSPS) is 10.8. The molecule has 1 heterocycles. The fourth-order valence-corrected chi connectivity index (χ4v) is 2.03. The maximum Gasteiger partial charge on any atom is 0.387 e. The van der Waals surface area contributed by atoms with Gasteiger partial charge in [-0.3, -0.25) is 9.98 Å². The Bertz CT molecular complexity index is 675. The molecule has 9 heteroatoms. The van der Waals surface area contributed by atoms with Crippen LogP contribution in [-0.2, 0) is 6.54 Å². The summed E-state index contributed by atoms with van der Waals surface area (Å²) in [5, 5.41) is 6.12. The SMILES string of the molecule is CN=C(NCCOc1cccnc1)NCc1ccccc1OC(F)F.I. The number of hydrogen-bond donors (Lipinski definition) is 2. The molecular weight excluding hydrogens is 457 g/mol. The average Bonchev–Trinajstić information content (AvgIpc) is 2.62. The van der Waals surface area contributed by atoms with Crippen LogP contribution in [0.15, 0.2) is 53.8 Å². The topological polar surface area (TPSA) is 67.8 Å². The van der Waals surface area contributed by atoms with Crippen LogP contribution in [0.5, 0.6) is 11.5 Å². The van der Waals surface area contributed by atoms with Crippen molar-refractivity contribution in [1.29, 1.82) is 0 Å². The van der Waals surface area contributed by atoms with Crippen LogP contribution in [-0.4, -0.2) is 37.8 Å². The van der Waals surface area contributed by atoms with Gasteiger partial charge in [0.15, 0.2) is 5.96 Å². The van der Waals surface area contributed by atoms with E-state index < -0.39 is 6.61 Å². The van der Waals surface area contributed by atoms with Crippen LogP contribution in [0.4, 0.5) is 8.78 Å². The molecule has 0 spiro atoms. The van der Waals surface area contributed by atoms with Gasteiger partial charge in [-0.1, -0.05) is 18.2 Å². The minimum Gasteiger partial charge on any atom is -0.490 e. The fraction of sp³-hybridized carbons (Fsp3) is 0.294. The van der Waals surface area contributed by atoms with Crippen LogP contribution in [0, 0.1) is 0 Å². The summed E-state index contributed by atoms with van der Waals surface area (Å²) in [7, 11) is 1.62. The highest BCUT2D eigenvalue weighted by Crippen LogP contribution is 2.19. The Balaban J connectivity index is 0.00000338. The molecule has 2 rings (SSSR count). The monoisotopic (exact) mass is 478 g/mol. The first-order chi connectivity index (χ1) is 12.2. The molecule has 0 aliphatic carbocycles. The molecule has 2 N–H and O–H groups in total. The largest absolute Gasteiger partial charge is 0.490 e. The minimum absolute atomic E-state index is 0. The van der Waals surface area contributed by atoms with Crippen molar-refractivity contribution in [3.05, 3.63) is 54.4 Å². The summed E-state index contributed by atoms with van der Waals surface area (Å²) >= 11 is 0. The number of nitrogens with one attached hydrogen (secondary N) is 2. The van der Waals surface area contributed by atoms with Crippen LogP contribution in [0.2, 0.25) is 0 Å². The molecule has 0 radical (unpaired) electrons. The standard InChI is InChI=1S/C17H20F2N4O2.HI/c1-20-17(22-9-10-24-14-6-4-8-21-12-14)23-11-13-5-2-3-7-15(13)25-16(18)19;/h2-8,12,16H,9-11H2,1H3,(H2,20,22,23);1H. The predicted octanol–water partition coefficient (Wildman–Crippen LogP) is 3.05. The lowest BCUT2D eigenvalue weighted by Crippen LogP contribution is -2.39. The molecule has 0 aliphatic rings. The number of ether oxygens (including phenoxy) is 2. The smallest absolute Gasteiger partial charge is 0.387 e. The highest BCUT2D eigenvalue weighted by molar-refractivity contribution is 14.0. The quantitative estimate of drug-likeness (QED) is 0.264. The van der Waals surface area contributed by atoms with E-state index in [1.54, 1.807) is 43.7 Å². The Morgan fingerprint density at radius 2 is 2.00 bits per heavy atom. The van der Waals surface area contributed by atoms with E-state index in [-0.39, 0.29) is 29.7 Å². The summed E-state index contributed by atoms with van der Waals surface area (Å²) in [6.45, 7) is -1.61. The summed E-state index contributed by atoms with van der Waals surface area (Å²) in [4.78, 5) is 8.04. The van der Waals surface area contributed by atoms with Crippen molar-refractivity contribution in [3.63, 3.8) is 0 Å². The van der Waals surface area contributed by atoms with Crippen LogP contribution < -0.4 is 20.1 Å². The second kappa shape index (κ2) is 12.2. The second-order valence-electron chi connectivity index (χ2n) is 4.88. The van der Waals surface area contributed by atoms with E-state index in [9.17, 15) is 8.78 Å². The van der Waals surface area contributed by atoms with Gasteiger partial charge in [-0.2, -0.15) is 8.78 Å². The Kier molecular flexibility index (Phi) is 10.3. The number of nitrogens with zero attached hydrogens (tertiary/aromatic N) is 2. The number of aliphatic imine (C=N–C) groups is 1. The predicted molar refractivity (Wildman–Crippen MR) is 106 cm³/mol. The van der Waals surface area contributed by atoms with Crippen molar-refractivity contribution in [3.8, 4) is 11.5 Å². The number of benzene rings is 1. The molecule has 0 saturated heterocycles. The van der Waals surface area contributed by atoms with Crippen molar-refractivity contribution in [2.75, 3.05) is 20.2 Å². The lowest BCUT2D eigenvalue weighted by Gasteiger charge is -2.14. The highest BCUT2D eigenvalue weighted by Gasteiger charge is 2.09. The molecule has 0 amide bonds. The third-order valence-electron chi connectivity index (χ3n) is 3.16. The summed E-state index contributed by atoms with van der Waals surface area (Å²) in [6.07, 6.45) is 3.31. The molecule has 6 nitrogen and oxygen atoms in total. The van der Waals surface area contributed by atoms with Gasteiger partial charge in [0.2, 0.25) is 0 Å². The lowest BCUT2D eigenvalue weighted by molar-refractivity contribution is -0.0504. The zero-order valence-corrected chi connectivity index (χ0v) is 16.5. The van der Waals surface area contributed by atoms with Crippen molar-refractivity contribution in [1.82, 2.24) is 15.6 Å². The number of aromatic nitrogens is 1. The van der Waals surface area contributed by atoms with Gasteiger partial charge in [0.1, 0.15) is 18.1 Å². The summed E-state index contributed by atoms with van der Waals surface area (Å²) in [5.74, 6) is 1.35. The molecule has 0 fully saturated rings. The average molecular weight is 478 g/mol. The third-order valence-corrected chi connectivity index (χ3v) is 3.16. The van der Waals surface area contributed by atoms with Crippen molar-refractivity contribution < 1.29 is 18.3 Å². The van der Waals surface area contributed by atoms with E-state index >= 15 is 0 Å². The molecule has 0 saturated carbocycles. The Morgan fingerprint density at radius 1 is 1.19 bits per heavy atom. The maximum atomic E-state index is 12.4. The van der Waals surface area contributed by atoms with Gasteiger partial charge in [-0.05, 0) is 18.2 Å². The third kappa shape index (κ3) is 7.81. The van der Waals surface area contributed by atoms with E-state index in [0.29, 0.717) is 37.0 Å². The molecule has 1 aromatic heterocycles. The number of halogens is 3. The first-order valence-electron chi connectivity index (χ1n) is 7.69. The first-order valence-corrected chi connectivity index (χ1v) is 7.69. The maximum absolute atomic E-state index is 12.4. The van der Waals surface area contributed by atoms with Gasteiger partial charge in [0, 0.05) is 25.4 Å². The Morgan fingerprint density at radius 3 is 2.69 bits per heavy atom. The van der Waals surface area contributed by atoms with Crippen molar-refractivity contribution in [2.45, 2.75) is 13.2 Å².